The molecule has 0 bridgehead atoms. The second-order valence-electron chi connectivity index (χ2n) is 3.17. The zero-order valence-electron chi connectivity index (χ0n) is 8.61. The van der Waals surface area contributed by atoms with Crippen LogP contribution in [-0.4, -0.2) is 11.6 Å². The molecule has 15 heavy (non-hydrogen) atoms. The summed E-state index contributed by atoms with van der Waals surface area (Å²) in [5, 5.41) is 0.485. The maximum atomic E-state index is 11.5. The molecule has 2 rings (SSSR count). The molecular formula is C11H11NO3. The number of hydrogen-bond donors (Lipinski definition) is 0. The van der Waals surface area contributed by atoms with E-state index >= 15 is 0 Å². The average Bonchev–Trinajstić information content (AvgIpc) is 2.20. The Morgan fingerprint density at radius 2 is 2.27 bits per heavy atom. The van der Waals surface area contributed by atoms with Crippen molar-refractivity contribution in [2.24, 2.45) is 0 Å². The van der Waals surface area contributed by atoms with Gasteiger partial charge in [-0.1, -0.05) is 12.1 Å². The van der Waals surface area contributed by atoms with Crippen molar-refractivity contribution < 1.29 is 9.15 Å². The van der Waals surface area contributed by atoms with Crippen LogP contribution in [-0.2, 0) is 0 Å². The molecule has 78 valence electrons. The number of fused-ring (bicyclic) bond motifs is 1. The standard InChI is InChI=1S/C11H11NO3/c1-3-14-11-12-9-7(2)5-4-6-8(9)10(13)15-11/h4-6H,3H2,1-2H3. The predicted molar refractivity (Wildman–Crippen MR) is 56.2 cm³/mol. The molecule has 0 saturated heterocycles. The van der Waals surface area contributed by atoms with Gasteiger partial charge in [-0.15, -0.1) is 0 Å². The van der Waals surface area contributed by atoms with Gasteiger partial charge >= 0.3 is 11.7 Å². The lowest BCUT2D eigenvalue weighted by Gasteiger charge is -2.02. The molecule has 0 atom stereocenters. The van der Waals surface area contributed by atoms with Crippen LogP contribution in [0.15, 0.2) is 27.4 Å². The summed E-state index contributed by atoms with van der Waals surface area (Å²) in [5.74, 6) is 0. The van der Waals surface area contributed by atoms with Gasteiger partial charge in [0.2, 0.25) is 0 Å². The van der Waals surface area contributed by atoms with Crippen LogP contribution in [0.1, 0.15) is 12.5 Å². The molecule has 0 fully saturated rings. The number of aryl methyl sites for hydroxylation is 1. The summed E-state index contributed by atoms with van der Waals surface area (Å²) in [7, 11) is 0. The first kappa shape index (κ1) is 9.71. The molecule has 0 radical (unpaired) electrons. The molecular weight excluding hydrogens is 194 g/mol. The van der Waals surface area contributed by atoms with Crippen molar-refractivity contribution in [3.8, 4) is 6.08 Å². The topological polar surface area (TPSA) is 52.3 Å². The molecule has 1 aromatic heterocycles. The molecule has 2 aromatic rings. The number of para-hydroxylation sites is 1. The van der Waals surface area contributed by atoms with Gasteiger partial charge in [-0.05, 0) is 25.5 Å². The van der Waals surface area contributed by atoms with E-state index in [0.717, 1.165) is 5.56 Å². The van der Waals surface area contributed by atoms with Gasteiger partial charge in [0.15, 0.2) is 0 Å². The highest BCUT2D eigenvalue weighted by Crippen LogP contribution is 2.15. The third-order valence-electron chi connectivity index (χ3n) is 2.11. The SMILES string of the molecule is CCOc1nc2c(C)cccc2c(=O)o1. The van der Waals surface area contributed by atoms with Gasteiger partial charge in [-0.3, -0.25) is 0 Å². The number of nitrogens with zero attached hydrogens (tertiary/aromatic N) is 1. The van der Waals surface area contributed by atoms with E-state index in [1.54, 1.807) is 12.1 Å². The fourth-order valence-electron chi connectivity index (χ4n) is 1.41. The van der Waals surface area contributed by atoms with Crippen molar-refractivity contribution in [3.63, 3.8) is 0 Å². The Morgan fingerprint density at radius 3 is 3.00 bits per heavy atom. The molecule has 0 unspecified atom stereocenters. The number of ether oxygens (including phenoxy) is 1. The van der Waals surface area contributed by atoms with E-state index in [1.165, 1.54) is 0 Å². The molecule has 0 saturated carbocycles. The van der Waals surface area contributed by atoms with Crippen LogP contribution in [0.25, 0.3) is 10.9 Å². The van der Waals surface area contributed by atoms with Crippen molar-refractivity contribution >= 4 is 10.9 Å². The molecule has 4 heteroatoms. The summed E-state index contributed by atoms with van der Waals surface area (Å²) < 4.78 is 9.97. The second-order valence-corrected chi connectivity index (χ2v) is 3.17. The Hall–Kier alpha value is -1.84. The lowest BCUT2D eigenvalue weighted by molar-refractivity contribution is 0.229. The highest BCUT2D eigenvalue weighted by molar-refractivity contribution is 5.80. The number of aromatic nitrogens is 1. The Bertz CT molecular complexity index is 545. The number of rotatable bonds is 2. The number of benzene rings is 1. The van der Waals surface area contributed by atoms with E-state index < -0.39 is 5.63 Å². The maximum Gasteiger partial charge on any atom is 0.397 e. The fourth-order valence-corrected chi connectivity index (χ4v) is 1.41. The van der Waals surface area contributed by atoms with Crippen LogP contribution >= 0.6 is 0 Å². The minimum Gasteiger partial charge on any atom is -0.450 e. The minimum atomic E-state index is -0.410. The second kappa shape index (κ2) is 3.73. The Balaban J connectivity index is 2.74. The van der Waals surface area contributed by atoms with E-state index in [1.807, 2.05) is 19.9 Å². The van der Waals surface area contributed by atoms with Crippen LogP contribution in [0.2, 0.25) is 0 Å². The molecule has 0 aliphatic rings. The van der Waals surface area contributed by atoms with E-state index in [-0.39, 0.29) is 6.08 Å². The van der Waals surface area contributed by atoms with Gasteiger partial charge in [0.05, 0.1) is 17.5 Å². The van der Waals surface area contributed by atoms with Gasteiger partial charge < -0.3 is 9.15 Å². The van der Waals surface area contributed by atoms with Crippen LogP contribution in [0.5, 0.6) is 6.08 Å². The molecule has 0 spiro atoms. The maximum absolute atomic E-state index is 11.5. The van der Waals surface area contributed by atoms with Gasteiger partial charge in [-0.25, -0.2) is 4.79 Å². The zero-order chi connectivity index (χ0) is 10.8. The normalized spacial score (nSPS) is 10.5. The summed E-state index contributed by atoms with van der Waals surface area (Å²) >= 11 is 0. The van der Waals surface area contributed by atoms with E-state index in [9.17, 15) is 4.79 Å². The Morgan fingerprint density at radius 1 is 1.47 bits per heavy atom. The largest absolute Gasteiger partial charge is 0.450 e. The number of hydrogen-bond acceptors (Lipinski definition) is 4. The lowest BCUT2D eigenvalue weighted by atomic mass is 10.2. The molecule has 0 aliphatic carbocycles. The third-order valence-corrected chi connectivity index (χ3v) is 2.11. The monoisotopic (exact) mass is 205 g/mol. The highest BCUT2D eigenvalue weighted by atomic mass is 16.6. The van der Waals surface area contributed by atoms with Gasteiger partial charge in [0, 0.05) is 0 Å². The van der Waals surface area contributed by atoms with E-state index in [2.05, 4.69) is 4.98 Å². The zero-order valence-corrected chi connectivity index (χ0v) is 8.61. The van der Waals surface area contributed by atoms with E-state index in [0.29, 0.717) is 17.5 Å². The van der Waals surface area contributed by atoms with Crippen molar-refractivity contribution in [3.05, 3.63) is 34.2 Å². The molecule has 0 aliphatic heterocycles. The predicted octanol–water partition coefficient (Wildman–Crippen LogP) is 1.90. The van der Waals surface area contributed by atoms with Gasteiger partial charge in [-0.2, -0.15) is 4.98 Å². The molecule has 1 heterocycles. The quantitative estimate of drug-likeness (QED) is 0.751. The summed E-state index contributed by atoms with van der Waals surface area (Å²) in [4.78, 5) is 15.7. The fraction of sp³-hybridized carbons (Fsp3) is 0.273. The van der Waals surface area contributed by atoms with Gasteiger partial charge in [0.25, 0.3) is 0 Å². The van der Waals surface area contributed by atoms with Gasteiger partial charge in [0.1, 0.15) is 0 Å². The minimum absolute atomic E-state index is 0.0318. The first-order valence-corrected chi connectivity index (χ1v) is 4.75. The summed E-state index contributed by atoms with van der Waals surface area (Å²) in [6, 6.07) is 5.39. The highest BCUT2D eigenvalue weighted by Gasteiger charge is 2.07. The summed E-state index contributed by atoms with van der Waals surface area (Å²) in [6.45, 7) is 4.13. The lowest BCUT2D eigenvalue weighted by Crippen LogP contribution is -2.05. The first-order chi connectivity index (χ1) is 7.22. The molecule has 0 amide bonds. The van der Waals surface area contributed by atoms with Crippen molar-refractivity contribution in [1.29, 1.82) is 0 Å². The van der Waals surface area contributed by atoms with Crippen LogP contribution < -0.4 is 10.4 Å². The van der Waals surface area contributed by atoms with Crippen molar-refractivity contribution in [1.82, 2.24) is 4.98 Å². The average molecular weight is 205 g/mol. The Kier molecular flexibility index (Phi) is 2.41. The van der Waals surface area contributed by atoms with Crippen molar-refractivity contribution in [2.45, 2.75) is 13.8 Å². The Labute approximate surface area is 86.5 Å². The smallest absolute Gasteiger partial charge is 0.397 e. The summed E-state index contributed by atoms with van der Waals surface area (Å²) in [6.07, 6.45) is 0.0318. The third kappa shape index (κ3) is 1.70. The molecule has 4 nitrogen and oxygen atoms in total. The molecule has 0 N–H and O–H groups in total. The van der Waals surface area contributed by atoms with E-state index in [4.69, 9.17) is 9.15 Å². The van der Waals surface area contributed by atoms with Crippen LogP contribution in [0.3, 0.4) is 0 Å². The first-order valence-electron chi connectivity index (χ1n) is 4.75. The van der Waals surface area contributed by atoms with Crippen LogP contribution in [0, 0.1) is 6.92 Å². The molecule has 1 aromatic carbocycles. The van der Waals surface area contributed by atoms with Crippen LogP contribution in [0.4, 0.5) is 0 Å². The van der Waals surface area contributed by atoms with Crippen molar-refractivity contribution in [2.75, 3.05) is 6.61 Å². The summed E-state index contributed by atoms with van der Waals surface area (Å²) in [5.41, 5.74) is 1.16.